The van der Waals surface area contributed by atoms with E-state index in [4.69, 9.17) is 0 Å². The van der Waals surface area contributed by atoms with E-state index in [9.17, 15) is 5.11 Å². The Morgan fingerprint density at radius 2 is 1.69 bits per heavy atom. The van der Waals surface area contributed by atoms with Gasteiger partial charge >= 0.3 is 0 Å². The maximum atomic E-state index is 9.67. The average Bonchev–Trinajstić information content (AvgIpc) is 2.33. The van der Waals surface area contributed by atoms with Gasteiger partial charge in [-0.25, -0.2) is 0 Å². The summed E-state index contributed by atoms with van der Waals surface area (Å²) in [6.07, 6.45) is 10.8. The highest BCUT2D eigenvalue weighted by molar-refractivity contribution is 4.88. The molecule has 1 aliphatic carbocycles. The molecule has 2 nitrogen and oxygen atoms in total. The topological polar surface area (TPSA) is 23.5 Å². The summed E-state index contributed by atoms with van der Waals surface area (Å²) in [5.74, 6) is 0. The smallest absolute Gasteiger partial charge is 0.0664 e. The lowest BCUT2D eigenvalue weighted by atomic mass is 9.68. The Balaban J connectivity index is 1.77. The summed E-state index contributed by atoms with van der Waals surface area (Å²) in [6, 6.07) is 0. The first-order valence-corrected chi connectivity index (χ1v) is 7.14. The molecular formula is C14H27NO. The molecule has 1 saturated heterocycles. The van der Waals surface area contributed by atoms with Gasteiger partial charge in [-0.15, -0.1) is 0 Å². The molecular weight excluding hydrogens is 198 g/mol. The van der Waals surface area contributed by atoms with Crippen molar-refractivity contribution in [1.29, 1.82) is 0 Å². The molecule has 1 saturated carbocycles. The van der Waals surface area contributed by atoms with Crippen LogP contribution < -0.4 is 0 Å². The van der Waals surface area contributed by atoms with Crippen LogP contribution in [0.25, 0.3) is 0 Å². The molecule has 94 valence electrons. The number of nitrogens with zero attached hydrogens (tertiary/aromatic N) is 1. The number of hydrogen-bond acceptors (Lipinski definition) is 2. The van der Waals surface area contributed by atoms with Crippen molar-refractivity contribution in [3.05, 3.63) is 0 Å². The van der Waals surface area contributed by atoms with Crippen LogP contribution in [0.2, 0.25) is 0 Å². The lowest BCUT2D eigenvalue weighted by Crippen LogP contribution is -2.43. The number of piperidine rings is 1. The molecule has 2 aliphatic rings. The molecule has 2 rings (SSSR count). The van der Waals surface area contributed by atoms with Crippen LogP contribution >= 0.6 is 0 Å². The average molecular weight is 225 g/mol. The number of hydrogen-bond donors (Lipinski definition) is 1. The first-order valence-electron chi connectivity index (χ1n) is 7.14. The molecule has 1 unspecified atom stereocenters. The van der Waals surface area contributed by atoms with Crippen molar-refractivity contribution < 1.29 is 5.11 Å². The first-order chi connectivity index (χ1) is 7.74. The minimum Gasteiger partial charge on any atom is -0.392 e. The van der Waals surface area contributed by atoms with Crippen molar-refractivity contribution in [1.82, 2.24) is 4.90 Å². The maximum absolute atomic E-state index is 9.67. The Bertz CT molecular complexity index is 201. The van der Waals surface area contributed by atoms with E-state index >= 15 is 0 Å². The molecule has 1 aliphatic heterocycles. The number of aliphatic hydroxyl groups excluding tert-OH is 1. The highest BCUT2D eigenvalue weighted by Gasteiger charge is 2.35. The molecule has 1 atom stereocenters. The van der Waals surface area contributed by atoms with Crippen LogP contribution in [-0.4, -0.2) is 35.7 Å². The molecule has 1 heterocycles. The minimum atomic E-state index is -0.111. The molecule has 16 heavy (non-hydrogen) atoms. The first kappa shape index (κ1) is 12.4. The summed E-state index contributed by atoms with van der Waals surface area (Å²) in [4.78, 5) is 2.47. The van der Waals surface area contributed by atoms with E-state index in [2.05, 4.69) is 11.8 Å². The fourth-order valence-corrected chi connectivity index (χ4v) is 3.44. The number of aliphatic hydroxyl groups is 1. The summed E-state index contributed by atoms with van der Waals surface area (Å²) >= 11 is 0. The van der Waals surface area contributed by atoms with Crippen LogP contribution in [0.1, 0.15) is 58.3 Å². The number of likely N-dealkylation sites (tertiary alicyclic amines) is 1. The van der Waals surface area contributed by atoms with E-state index < -0.39 is 0 Å². The van der Waals surface area contributed by atoms with Crippen LogP contribution in [0, 0.1) is 5.41 Å². The van der Waals surface area contributed by atoms with Crippen molar-refractivity contribution in [2.75, 3.05) is 19.6 Å². The van der Waals surface area contributed by atoms with Crippen molar-refractivity contribution >= 4 is 0 Å². The quantitative estimate of drug-likeness (QED) is 0.798. The van der Waals surface area contributed by atoms with Gasteiger partial charge in [-0.2, -0.15) is 0 Å². The van der Waals surface area contributed by atoms with E-state index in [-0.39, 0.29) is 6.10 Å². The lowest BCUT2D eigenvalue weighted by Gasteiger charge is -2.44. The number of rotatable bonds is 3. The normalized spacial score (nSPS) is 28.1. The maximum Gasteiger partial charge on any atom is 0.0664 e. The second kappa shape index (κ2) is 5.50. The molecule has 0 aromatic heterocycles. The van der Waals surface area contributed by atoms with E-state index in [1.165, 1.54) is 58.0 Å². The van der Waals surface area contributed by atoms with Gasteiger partial charge in [0.2, 0.25) is 0 Å². The Labute approximate surface area is 100 Å². The monoisotopic (exact) mass is 225 g/mol. The Morgan fingerprint density at radius 1 is 1.06 bits per heavy atom. The van der Waals surface area contributed by atoms with Crippen LogP contribution in [0.3, 0.4) is 0 Å². The minimum absolute atomic E-state index is 0.111. The van der Waals surface area contributed by atoms with Gasteiger partial charge in [0.1, 0.15) is 0 Å². The van der Waals surface area contributed by atoms with Crippen molar-refractivity contribution in [3.63, 3.8) is 0 Å². The van der Waals surface area contributed by atoms with Crippen LogP contribution in [0.15, 0.2) is 0 Å². The SMILES string of the molecule is CCC(O)CN1CCC2(CCCCC2)CC1. The summed E-state index contributed by atoms with van der Waals surface area (Å²) in [5.41, 5.74) is 0.700. The third-order valence-electron chi connectivity index (χ3n) is 4.77. The van der Waals surface area contributed by atoms with Crippen molar-refractivity contribution in [3.8, 4) is 0 Å². The van der Waals surface area contributed by atoms with Gasteiger partial charge in [0.15, 0.2) is 0 Å². The van der Waals surface area contributed by atoms with Gasteiger partial charge in [0.25, 0.3) is 0 Å². The van der Waals surface area contributed by atoms with Gasteiger partial charge in [-0.05, 0) is 50.6 Å². The van der Waals surface area contributed by atoms with Gasteiger partial charge in [0.05, 0.1) is 6.10 Å². The van der Waals surface area contributed by atoms with E-state index in [0.29, 0.717) is 5.41 Å². The summed E-state index contributed by atoms with van der Waals surface area (Å²) in [6.45, 7) is 5.40. The van der Waals surface area contributed by atoms with Gasteiger partial charge < -0.3 is 10.0 Å². The highest BCUT2D eigenvalue weighted by atomic mass is 16.3. The molecule has 0 bridgehead atoms. The fourth-order valence-electron chi connectivity index (χ4n) is 3.44. The van der Waals surface area contributed by atoms with Crippen molar-refractivity contribution in [2.45, 2.75) is 64.4 Å². The standard InChI is InChI=1S/C14H27NO/c1-2-13(16)12-15-10-8-14(9-11-15)6-4-3-5-7-14/h13,16H,2-12H2,1H3. The van der Waals surface area contributed by atoms with Gasteiger partial charge in [0, 0.05) is 6.54 Å². The van der Waals surface area contributed by atoms with Gasteiger partial charge in [-0.1, -0.05) is 26.2 Å². The summed E-state index contributed by atoms with van der Waals surface area (Å²) < 4.78 is 0. The molecule has 1 N–H and O–H groups in total. The van der Waals surface area contributed by atoms with Crippen molar-refractivity contribution in [2.24, 2.45) is 5.41 Å². The predicted octanol–water partition coefficient (Wildman–Crippen LogP) is 2.80. The summed E-state index contributed by atoms with van der Waals surface area (Å²) in [7, 11) is 0. The van der Waals surface area contributed by atoms with Crippen LogP contribution in [-0.2, 0) is 0 Å². The largest absolute Gasteiger partial charge is 0.392 e. The third-order valence-corrected chi connectivity index (χ3v) is 4.77. The molecule has 0 amide bonds. The molecule has 0 radical (unpaired) electrons. The molecule has 2 fully saturated rings. The number of β-amino-alcohol motifs (C(OH)–C–C–N with tert-alkyl or cyclic N) is 1. The second-order valence-corrected chi connectivity index (χ2v) is 5.92. The Morgan fingerprint density at radius 3 is 2.25 bits per heavy atom. The van der Waals surface area contributed by atoms with E-state index in [1.54, 1.807) is 0 Å². The summed E-state index contributed by atoms with van der Waals surface area (Å²) in [5, 5.41) is 9.67. The lowest BCUT2D eigenvalue weighted by molar-refractivity contribution is 0.0375. The fraction of sp³-hybridized carbons (Fsp3) is 1.00. The third kappa shape index (κ3) is 2.98. The van der Waals surface area contributed by atoms with Crippen LogP contribution in [0.5, 0.6) is 0 Å². The van der Waals surface area contributed by atoms with E-state index in [1.807, 2.05) is 0 Å². The van der Waals surface area contributed by atoms with E-state index in [0.717, 1.165) is 13.0 Å². The predicted molar refractivity (Wildman–Crippen MR) is 67.5 cm³/mol. The molecule has 2 heteroatoms. The molecule has 0 aromatic rings. The zero-order valence-electron chi connectivity index (χ0n) is 10.7. The Kier molecular flexibility index (Phi) is 4.26. The van der Waals surface area contributed by atoms with Crippen LogP contribution in [0.4, 0.5) is 0 Å². The Hall–Kier alpha value is -0.0800. The molecule has 0 aromatic carbocycles. The zero-order valence-corrected chi connectivity index (χ0v) is 10.7. The van der Waals surface area contributed by atoms with Gasteiger partial charge in [-0.3, -0.25) is 0 Å². The second-order valence-electron chi connectivity index (χ2n) is 5.92. The molecule has 1 spiro atoms. The highest BCUT2D eigenvalue weighted by Crippen LogP contribution is 2.44. The zero-order chi connectivity index (χ0) is 11.4.